The Kier molecular flexibility index (Phi) is 5.36. The second-order valence-electron chi connectivity index (χ2n) is 8.10. The number of amides is 1. The van der Waals surface area contributed by atoms with Gasteiger partial charge in [0.15, 0.2) is 11.2 Å². The molecule has 2 unspecified atom stereocenters. The van der Waals surface area contributed by atoms with Gasteiger partial charge in [0.05, 0.1) is 24.0 Å². The minimum absolute atomic E-state index is 0.0111. The SMILES string of the molecule is Cc1ccc2cc(-n3nnc4cnc(NC5CCC(C(=O)NCCO)C5)nc43)ccc2n1. The molecule has 1 aromatic carbocycles. The van der Waals surface area contributed by atoms with Crippen molar-refractivity contribution in [3.8, 4) is 5.69 Å². The van der Waals surface area contributed by atoms with E-state index in [4.69, 9.17) is 5.11 Å². The highest BCUT2D eigenvalue weighted by Crippen LogP contribution is 2.28. The number of aliphatic hydroxyl groups is 1. The zero-order chi connectivity index (χ0) is 22.1. The molecule has 164 valence electrons. The van der Waals surface area contributed by atoms with Crippen molar-refractivity contribution in [1.82, 2.24) is 35.3 Å². The average molecular weight is 432 g/mol. The van der Waals surface area contributed by atoms with Crippen LogP contribution in [0, 0.1) is 12.8 Å². The van der Waals surface area contributed by atoms with Crippen LogP contribution in [0.15, 0.2) is 36.5 Å². The minimum Gasteiger partial charge on any atom is -0.395 e. The fraction of sp³-hybridized carbons (Fsp3) is 0.364. The molecule has 3 heterocycles. The van der Waals surface area contributed by atoms with E-state index in [0.717, 1.165) is 35.1 Å². The van der Waals surface area contributed by atoms with Crippen LogP contribution < -0.4 is 10.6 Å². The lowest BCUT2D eigenvalue weighted by Crippen LogP contribution is -2.32. The van der Waals surface area contributed by atoms with Crippen molar-refractivity contribution in [3.63, 3.8) is 0 Å². The van der Waals surface area contributed by atoms with Crippen LogP contribution in [0.5, 0.6) is 0 Å². The summed E-state index contributed by atoms with van der Waals surface area (Å²) in [7, 11) is 0. The fourth-order valence-electron chi connectivity index (χ4n) is 4.17. The van der Waals surface area contributed by atoms with Gasteiger partial charge in [-0.25, -0.2) is 4.98 Å². The van der Waals surface area contributed by atoms with Gasteiger partial charge in [-0.15, -0.1) is 5.10 Å². The molecular formula is C22H24N8O2. The van der Waals surface area contributed by atoms with Crippen molar-refractivity contribution in [1.29, 1.82) is 0 Å². The number of hydrogen-bond acceptors (Lipinski definition) is 8. The van der Waals surface area contributed by atoms with E-state index in [-0.39, 0.29) is 31.0 Å². The van der Waals surface area contributed by atoms with E-state index in [1.165, 1.54) is 0 Å². The maximum Gasteiger partial charge on any atom is 0.225 e. The first-order chi connectivity index (χ1) is 15.6. The first kappa shape index (κ1) is 20.3. The number of pyridine rings is 1. The summed E-state index contributed by atoms with van der Waals surface area (Å²) in [5.74, 6) is 0.411. The Morgan fingerprint density at radius 1 is 1.19 bits per heavy atom. The van der Waals surface area contributed by atoms with Crippen LogP contribution in [0.4, 0.5) is 5.95 Å². The first-order valence-electron chi connectivity index (χ1n) is 10.7. The number of aliphatic hydroxyl groups excluding tert-OH is 1. The van der Waals surface area contributed by atoms with Gasteiger partial charge in [0, 0.05) is 29.6 Å². The molecule has 3 N–H and O–H groups in total. The highest BCUT2D eigenvalue weighted by molar-refractivity contribution is 5.82. The predicted molar refractivity (Wildman–Crippen MR) is 119 cm³/mol. The average Bonchev–Trinajstić information content (AvgIpc) is 3.44. The Labute approximate surface area is 184 Å². The van der Waals surface area contributed by atoms with Crippen LogP contribution in [0.3, 0.4) is 0 Å². The summed E-state index contributed by atoms with van der Waals surface area (Å²) in [6.45, 7) is 2.20. The lowest BCUT2D eigenvalue weighted by molar-refractivity contribution is -0.124. The van der Waals surface area contributed by atoms with E-state index in [9.17, 15) is 4.79 Å². The van der Waals surface area contributed by atoms with Gasteiger partial charge in [-0.1, -0.05) is 11.3 Å². The number of hydrogen-bond donors (Lipinski definition) is 3. The van der Waals surface area contributed by atoms with E-state index >= 15 is 0 Å². The number of aromatic nitrogens is 6. The molecule has 1 aliphatic rings. The third-order valence-corrected chi connectivity index (χ3v) is 5.80. The van der Waals surface area contributed by atoms with Gasteiger partial charge in [-0.2, -0.15) is 9.67 Å². The van der Waals surface area contributed by atoms with E-state index in [0.29, 0.717) is 23.5 Å². The van der Waals surface area contributed by atoms with Crippen molar-refractivity contribution in [2.75, 3.05) is 18.5 Å². The standard InChI is InChI=1S/C22H24N8O2/c1-13-2-3-14-11-17(6-7-18(14)25-13)30-20-19(28-29-30)12-24-22(27-20)26-16-5-4-15(10-16)21(32)23-8-9-31/h2-3,6-7,11-12,15-16,31H,4-5,8-10H2,1H3,(H,23,32)(H,24,26,27). The number of aryl methyl sites for hydroxylation is 1. The van der Waals surface area contributed by atoms with E-state index in [2.05, 4.69) is 35.9 Å². The second-order valence-corrected chi connectivity index (χ2v) is 8.10. The molecule has 1 amide bonds. The summed E-state index contributed by atoms with van der Waals surface area (Å²) >= 11 is 0. The third kappa shape index (κ3) is 3.96. The summed E-state index contributed by atoms with van der Waals surface area (Å²) in [6, 6.07) is 10.1. The first-order valence-corrected chi connectivity index (χ1v) is 10.7. The molecule has 0 aliphatic heterocycles. The predicted octanol–water partition coefficient (Wildman–Crippen LogP) is 1.76. The zero-order valence-electron chi connectivity index (χ0n) is 17.7. The van der Waals surface area contributed by atoms with Gasteiger partial charge in [0.25, 0.3) is 0 Å². The van der Waals surface area contributed by atoms with Crippen LogP contribution in [-0.4, -0.2) is 60.2 Å². The molecule has 10 heteroatoms. The molecule has 0 bridgehead atoms. The van der Waals surface area contributed by atoms with Crippen molar-refractivity contribution in [2.24, 2.45) is 5.92 Å². The van der Waals surface area contributed by atoms with Crippen LogP contribution in [0.1, 0.15) is 25.0 Å². The molecule has 0 saturated heterocycles. The van der Waals surface area contributed by atoms with Crippen LogP contribution in [0.25, 0.3) is 27.8 Å². The molecule has 3 aromatic heterocycles. The van der Waals surface area contributed by atoms with Gasteiger partial charge >= 0.3 is 0 Å². The molecular weight excluding hydrogens is 408 g/mol. The Morgan fingerprint density at radius 3 is 2.97 bits per heavy atom. The third-order valence-electron chi connectivity index (χ3n) is 5.80. The maximum atomic E-state index is 12.2. The monoisotopic (exact) mass is 432 g/mol. The Bertz CT molecular complexity index is 1290. The lowest BCUT2D eigenvalue weighted by atomic mass is 10.1. The molecule has 4 aromatic rings. The van der Waals surface area contributed by atoms with Crippen LogP contribution in [0.2, 0.25) is 0 Å². The maximum absolute atomic E-state index is 12.2. The van der Waals surface area contributed by atoms with Crippen molar-refractivity contribution in [2.45, 2.75) is 32.2 Å². The van der Waals surface area contributed by atoms with Gasteiger partial charge in [-0.3, -0.25) is 9.78 Å². The number of anilines is 1. The van der Waals surface area contributed by atoms with Crippen LogP contribution in [-0.2, 0) is 4.79 Å². The normalized spacial score (nSPS) is 18.3. The Morgan fingerprint density at radius 2 is 2.09 bits per heavy atom. The molecule has 10 nitrogen and oxygen atoms in total. The number of carbonyl (C=O) groups is 1. The summed E-state index contributed by atoms with van der Waals surface area (Å²) in [6.07, 6.45) is 4.00. The van der Waals surface area contributed by atoms with Gasteiger partial charge < -0.3 is 15.7 Å². The number of nitrogens with one attached hydrogen (secondary N) is 2. The number of nitrogens with zero attached hydrogens (tertiary/aromatic N) is 6. The Balaban J connectivity index is 1.36. The van der Waals surface area contributed by atoms with Crippen molar-refractivity contribution in [3.05, 3.63) is 42.2 Å². The largest absolute Gasteiger partial charge is 0.395 e. The summed E-state index contributed by atoms with van der Waals surface area (Å²) in [5, 5.41) is 24.5. The second kappa shape index (κ2) is 8.46. The summed E-state index contributed by atoms with van der Waals surface area (Å²) in [4.78, 5) is 25.7. The van der Waals surface area contributed by atoms with Gasteiger partial charge in [0.1, 0.15) is 0 Å². The van der Waals surface area contributed by atoms with Crippen LogP contribution >= 0.6 is 0 Å². The van der Waals surface area contributed by atoms with Crippen molar-refractivity contribution < 1.29 is 9.90 Å². The van der Waals surface area contributed by atoms with Gasteiger partial charge in [0.2, 0.25) is 11.9 Å². The number of fused-ring (bicyclic) bond motifs is 2. The lowest BCUT2D eigenvalue weighted by Gasteiger charge is -2.13. The minimum atomic E-state index is -0.0650. The molecule has 32 heavy (non-hydrogen) atoms. The molecule has 1 aliphatic carbocycles. The van der Waals surface area contributed by atoms with Crippen molar-refractivity contribution >= 4 is 33.9 Å². The molecule has 2 atom stereocenters. The Hall–Kier alpha value is -3.66. The number of carbonyl (C=O) groups excluding carboxylic acids is 1. The quantitative estimate of drug-likeness (QED) is 0.420. The highest BCUT2D eigenvalue weighted by Gasteiger charge is 2.30. The zero-order valence-corrected chi connectivity index (χ0v) is 17.7. The van der Waals surface area contributed by atoms with Gasteiger partial charge in [-0.05, 0) is 50.5 Å². The molecule has 0 radical (unpaired) electrons. The highest BCUT2D eigenvalue weighted by atomic mass is 16.3. The molecule has 5 rings (SSSR count). The summed E-state index contributed by atoms with van der Waals surface area (Å²) < 4.78 is 1.70. The molecule has 1 fully saturated rings. The number of rotatable bonds is 6. The molecule has 0 spiro atoms. The summed E-state index contributed by atoms with van der Waals surface area (Å²) in [5.41, 5.74) is 3.95. The topological polar surface area (TPSA) is 131 Å². The van der Waals surface area contributed by atoms with E-state index in [1.54, 1.807) is 10.9 Å². The smallest absolute Gasteiger partial charge is 0.225 e. The number of benzene rings is 1. The molecule has 1 saturated carbocycles. The van der Waals surface area contributed by atoms with E-state index < -0.39 is 0 Å². The fourth-order valence-corrected chi connectivity index (χ4v) is 4.17. The van der Waals surface area contributed by atoms with E-state index in [1.807, 2.05) is 37.3 Å².